The van der Waals surface area contributed by atoms with Crippen LogP contribution in [0.4, 0.5) is 14.9 Å². The fraction of sp³-hybridized carbons (Fsp3) is 0.188. The maximum atomic E-state index is 14.3. The zero-order chi connectivity index (χ0) is 17.0. The monoisotopic (exact) mass is 329 g/mol. The Balaban J connectivity index is 1.92. The highest BCUT2D eigenvalue weighted by Gasteiger charge is 2.16. The van der Waals surface area contributed by atoms with Crippen molar-refractivity contribution in [2.45, 2.75) is 13.8 Å². The van der Waals surface area contributed by atoms with Crippen LogP contribution >= 0.6 is 0 Å². The molecule has 0 fully saturated rings. The Morgan fingerprint density at radius 1 is 1.17 bits per heavy atom. The molecule has 0 aliphatic carbocycles. The maximum absolute atomic E-state index is 14.3. The minimum atomic E-state index is -0.597. The standard InChI is InChI=1S/C16H13F2N5O/c1-8-4-12(21-23-7-9(2)19-15(8)23)10-5-11(17)14-13(6-10)24-16(20-14)22(3)18/h4-7H,1-3H3. The van der Waals surface area contributed by atoms with Crippen molar-refractivity contribution in [3.63, 3.8) is 0 Å². The summed E-state index contributed by atoms with van der Waals surface area (Å²) in [4.78, 5) is 8.18. The molecule has 4 aromatic rings. The van der Waals surface area contributed by atoms with Gasteiger partial charge in [0, 0.05) is 12.6 Å². The van der Waals surface area contributed by atoms with Crippen molar-refractivity contribution >= 4 is 22.8 Å². The third-order valence-corrected chi connectivity index (χ3v) is 3.73. The molecule has 0 unspecified atom stereocenters. The SMILES string of the molecule is Cc1cn2nc(-c3cc(F)c4nc(N(C)F)oc4c3)cc(C)c2n1. The van der Waals surface area contributed by atoms with E-state index in [1.54, 1.807) is 16.8 Å². The number of hydrogen-bond acceptors (Lipinski definition) is 5. The molecule has 0 aliphatic heterocycles. The van der Waals surface area contributed by atoms with E-state index in [-0.39, 0.29) is 22.2 Å². The molecule has 0 atom stereocenters. The van der Waals surface area contributed by atoms with Crippen LogP contribution in [0.5, 0.6) is 0 Å². The second-order valence-electron chi connectivity index (χ2n) is 5.64. The lowest BCUT2D eigenvalue weighted by Gasteiger charge is -2.04. The second-order valence-corrected chi connectivity index (χ2v) is 5.64. The maximum Gasteiger partial charge on any atom is 0.327 e. The van der Waals surface area contributed by atoms with E-state index in [2.05, 4.69) is 15.1 Å². The van der Waals surface area contributed by atoms with E-state index in [4.69, 9.17) is 4.42 Å². The average molecular weight is 329 g/mol. The van der Waals surface area contributed by atoms with Crippen molar-refractivity contribution in [2.24, 2.45) is 0 Å². The lowest BCUT2D eigenvalue weighted by atomic mass is 10.1. The fourth-order valence-electron chi connectivity index (χ4n) is 2.64. The first kappa shape index (κ1) is 14.6. The molecule has 0 amide bonds. The number of nitrogens with zero attached hydrogens (tertiary/aromatic N) is 5. The van der Waals surface area contributed by atoms with E-state index in [1.807, 2.05) is 19.9 Å². The van der Waals surface area contributed by atoms with Gasteiger partial charge in [-0.05, 0) is 37.6 Å². The zero-order valence-corrected chi connectivity index (χ0v) is 13.2. The Morgan fingerprint density at radius 3 is 2.71 bits per heavy atom. The van der Waals surface area contributed by atoms with Gasteiger partial charge < -0.3 is 4.42 Å². The number of imidazole rings is 1. The number of fused-ring (bicyclic) bond motifs is 2. The smallest absolute Gasteiger partial charge is 0.327 e. The Labute approximate surface area is 135 Å². The summed E-state index contributed by atoms with van der Waals surface area (Å²) in [5, 5.41) is 4.65. The predicted molar refractivity (Wildman–Crippen MR) is 84.9 cm³/mol. The van der Waals surface area contributed by atoms with Gasteiger partial charge >= 0.3 is 6.01 Å². The topological polar surface area (TPSA) is 59.5 Å². The molecule has 0 bridgehead atoms. The molecule has 3 aromatic heterocycles. The van der Waals surface area contributed by atoms with Crippen molar-refractivity contribution in [3.8, 4) is 11.3 Å². The van der Waals surface area contributed by atoms with E-state index in [9.17, 15) is 8.87 Å². The number of aryl methyl sites for hydroxylation is 2. The molecule has 24 heavy (non-hydrogen) atoms. The summed E-state index contributed by atoms with van der Waals surface area (Å²) in [6.45, 7) is 3.79. The molecule has 3 heterocycles. The molecule has 4 rings (SSSR count). The third kappa shape index (κ3) is 2.18. The van der Waals surface area contributed by atoms with Gasteiger partial charge in [-0.1, -0.05) is 4.48 Å². The second kappa shape index (κ2) is 4.98. The first-order valence-electron chi connectivity index (χ1n) is 7.26. The van der Waals surface area contributed by atoms with Crippen molar-refractivity contribution < 1.29 is 13.3 Å². The number of aromatic nitrogens is 4. The van der Waals surface area contributed by atoms with Crippen LogP contribution in [-0.2, 0) is 0 Å². The van der Waals surface area contributed by atoms with Gasteiger partial charge in [0.25, 0.3) is 0 Å². The summed E-state index contributed by atoms with van der Waals surface area (Å²) in [5.41, 5.74) is 3.72. The van der Waals surface area contributed by atoms with E-state index in [0.29, 0.717) is 11.3 Å². The van der Waals surface area contributed by atoms with Gasteiger partial charge in [-0.15, -0.1) is 0 Å². The Hall–Kier alpha value is -3.03. The summed E-state index contributed by atoms with van der Waals surface area (Å²) in [6, 6.07) is 4.42. The number of hydrogen-bond donors (Lipinski definition) is 0. The first-order chi connectivity index (χ1) is 11.4. The highest BCUT2D eigenvalue weighted by molar-refractivity contribution is 5.81. The Kier molecular flexibility index (Phi) is 3.02. The molecule has 122 valence electrons. The summed E-state index contributed by atoms with van der Waals surface area (Å²) >= 11 is 0. The fourth-order valence-corrected chi connectivity index (χ4v) is 2.64. The van der Waals surface area contributed by atoms with Crippen LogP contribution < -0.4 is 5.12 Å². The van der Waals surface area contributed by atoms with Gasteiger partial charge in [0.15, 0.2) is 17.0 Å². The number of benzene rings is 1. The van der Waals surface area contributed by atoms with Crippen LogP contribution in [0.1, 0.15) is 11.3 Å². The van der Waals surface area contributed by atoms with E-state index in [1.165, 1.54) is 6.07 Å². The lowest BCUT2D eigenvalue weighted by molar-refractivity contribution is 0.417. The van der Waals surface area contributed by atoms with Crippen LogP contribution in [0.3, 0.4) is 0 Å². The number of halogens is 2. The summed E-state index contributed by atoms with van der Waals surface area (Å²) in [6.07, 6.45) is 1.80. The van der Waals surface area contributed by atoms with Crippen molar-refractivity contribution in [1.29, 1.82) is 0 Å². The van der Waals surface area contributed by atoms with Gasteiger partial charge in [0.05, 0.1) is 17.6 Å². The van der Waals surface area contributed by atoms with E-state index >= 15 is 0 Å². The summed E-state index contributed by atoms with van der Waals surface area (Å²) in [7, 11) is 1.13. The van der Waals surface area contributed by atoms with Crippen LogP contribution in [0, 0.1) is 19.7 Å². The molecular weight excluding hydrogens is 316 g/mol. The highest BCUT2D eigenvalue weighted by Crippen LogP contribution is 2.29. The minimum absolute atomic E-state index is 0.0190. The quantitative estimate of drug-likeness (QED) is 0.526. The number of rotatable bonds is 2. The summed E-state index contributed by atoms with van der Waals surface area (Å²) in [5.74, 6) is -0.597. The number of oxazole rings is 1. The van der Waals surface area contributed by atoms with Crippen LogP contribution in [0.2, 0.25) is 0 Å². The normalized spacial score (nSPS) is 11.5. The molecule has 0 radical (unpaired) electrons. The minimum Gasteiger partial charge on any atom is -0.422 e. The third-order valence-electron chi connectivity index (χ3n) is 3.73. The molecule has 6 nitrogen and oxygen atoms in total. The van der Waals surface area contributed by atoms with Crippen LogP contribution in [0.15, 0.2) is 28.8 Å². The molecular formula is C16H13F2N5O. The molecule has 8 heteroatoms. The van der Waals surface area contributed by atoms with Gasteiger partial charge in [0.1, 0.15) is 5.52 Å². The van der Waals surface area contributed by atoms with Crippen molar-refractivity contribution in [1.82, 2.24) is 19.6 Å². The molecule has 0 aliphatic rings. The zero-order valence-electron chi connectivity index (χ0n) is 13.2. The largest absolute Gasteiger partial charge is 0.422 e. The van der Waals surface area contributed by atoms with Crippen LogP contribution in [0.25, 0.3) is 28.0 Å². The van der Waals surface area contributed by atoms with Gasteiger partial charge in [-0.25, -0.2) is 13.9 Å². The van der Waals surface area contributed by atoms with Gasteiger partial charge in [0.2, 0.25) is 0 Å². The lowest BCUT2D eigenvalue weighted by Crippen LogP contribution is -2.01. The van der Waals surface area contributed by atoms with E-state index in [0.717, 1.165) is 24.0 Å². The average Bonchev–Trinajstić information content (AvgIpc) is 3.10. The molecule has 0 spiro atoms. The van der Waals surface area contributed by atoms with Crippen molar-refractivity contribution in [2.75, 3.05) is 12.2 Å². The Bertz CT molecular complexity index is 1080. The molecule has 0 saturated heterocycles. The van der Waals surface area contributed by atoms with Gasteiger partial charge in [-0.2, -0.15) is 15.2 Å². The van der Waals surface area contributed by atoms with Gasteiger partial charge in [-0.3, -0.25) is 0 Å². The molecule has 0 saturated carbocycles. The number of anilines is 1. The van der Waals surface area contributed by atoms with Crippen LogP contribution in [-0.4, -0.2) is 26.6 Å². The molecule has 0 N–H and O–H groups in total. The summed E-state index contributed by atoms with van der Waals surface area (Å²) < 4.78 is 34.4. The predicted octanol–water partition coefficient (Wildman–Crippen LogP) is 3.61. The molecule has 1 aromatic carbocycles. The Morgan fingerprint density at radius 2 is 1.96 bits per heavy atom. The van der Waals surface area contributed by atoms with E-state index < -0.39 is 5.82 Å². The highest BCUT2D eigenvalue weighted by atomic mass is 19.2. The first-order valence-corrected chi connectivity index (χ1v) is 7.26. The van der Waals surface area contributed by atoms with Crippen molar-refractivity contribution in [3.05, 3.63) is 41.5 Å².